The zero-order chi connectivity index (χ0) is 15.3. The van der Waals surface area contributed by atoms with Crippen LogP contribution >= 0.6 is 0 Å². The normalized spacial score (nSPS) is 11.8. The van der Waals surface area contributed by atoms with Gasteiger partial charge in [0.2, 0.25) is 0 Å². The van der Waals surface area contributed by atoms with E-state index in [4.69, 9.17) is 4.84 Å². The van der Waals surface area contributed by atoms with E-state index >= 15 is 0 Å². The molecule has 0 aliphatic carbocycles. The fraction of sp³-hybridized carbons (Fsp3) is 0.133. The molecule has 0 saturated heterocycles. The highest BCUT2D eigenvalue weighted by atomic mass is 19.4. The molecule has 21 heavy (non-hydrogen) atoms. The molecule has 2 aromatic carbocycles. The van der Waals surface area contributed by atoms with Gasteiger partial charge < -0.3 is 4.84 Å². The minimum atomic E-state index is -4.44. The first-order chi connectivity index (χ1) is 9.97. The predicted octanol–water partition coefficient (Wildman–Crippen LogP) is 4.27. The second kappa shape index (κ2) is 6.39. The van der Waals surface area contributed by atoms with Crippen LogP contribution in [0.25, 0.3) is 0 Å². The zero-order valence-corrected chi connectivity index (χ0v) is 10.7. The Hall–Kier alpha value is -2.37. The smallest absolute Gasteiger partial charge is 0.390 e. The molecule has 1 radical (unpaired) electrons. The number of hydrogen-bond donors (Lipinski definition) is 0. The van der Waals surface area contributed by atoms with Crippen molar-refractivity contribution in [2.45, 2.75) is 12.8 Å². The van der Waals surface area contributed by atoms with Gasteiger partial charge in [-0.15, -0.1) is 0 Å². The van der Waals surface area contributed by atoms with Gasteiger partial charge in [0.05, 0.1) is 5.56 Å². The summed E-state index contributed by atoms with van der Waals surface area (Å²) < 4.78 is 50.8. The topological polar surface area (TPSA) is 21.6 Å². The van der Waals surface area contributed by atoms with Crippen LogP contribution in [0.3, 0.4) is 0 Å². The van der Waals surface area contributed by atoms with E-state index in [0.717, 1.165) is 6.07 Å². The third-order valence-electron chi connectivity index (χ3n) is 2.63. The summed E-state index contributed by atoms with van der Waals surface area (Å²) in [6, 6.07) is 10.4. The van der Waals surface area contributed by atoms with Gasteiger partial charge >= 0.3 is 6.18 Å². The first-order valence-corrected chi connectivity index (χ1v) is 5.95. The van der Waals surface area contributed by atoms with Crippen molar-refractivity contribution in [2.75, 3.05) is 0 Å². The summed E-state index contributed by atoms with van der Waals surface area (Å²) in [7, 11) is 0. The van der Waals surface area contributed by atoms with Crippen LogP contribution in [0.15, 0.2) is 53.7 Å². The maximum absolute atomic E-state index is 12.7. The Labute approximate surface area is 118 Å². The van der Waals surface area contributed by atoms with Crippen molar-refractivity contribution < 1.29 is 22.4 Å². The Kier molecular flexibility index (Phi) is 4.57. The number of alkyl halides is 3. The van der Waals surface area contributed by atoms with Gasteiger partial charge in [-0.25, -0.2) is 4.39 Å². The van der Waals surface area contributed by atoms with Gasteiger partial charge in [-0.2, -0.15) is 13.2 Å². The van der Waals surface area contributed by atoms with E-state index in [1.54, 1.807) is 0 Å². The first kappa shape index (κ1) is 15.0. The van der Waals surface area contributed by atoms with Gasteiger partial charge in [-0.1, -0.05) is 23.4 Å². The van der Waals surface area contributed by atoms with Crippen LogP contribution in [0.5, 0.6) is 0 Å². The zero-order valence-electron chi connectivity index (χ0n) is 10.7. The number of nitrogens with zero attached hydrogens (tertiary/aromatic N) is 1. The molecule has 0 N–H and O–H groups in total. The number of benzene rings is 2. The van der Waals surface area contributed by atoms with Crippen molar-refractivity contribution in [1.82, 2.24) is 0 Å². The van der Waals surface area contributed by atoms with Crippen molar-refractivity contribution in [3.63, 3.8) is 0 Å². The summed E-state index contributed by atoms with van der Waals surface area (Å²) in [5.74, 6) is -0.402. The molecular weight excluding hydrogens is 286 g/mol. The van der Waals surface area contributed by atoms with Gasteiger partial charge in [0.1, 0.15) is 18.6 Å². The largest absolute Gasteiger partial charge is 0.416 e. The van der Waals surface area contributed by atoms with E-state index in [-0.39, 0.29) is 12.2 Å². The molecule has 0 heterocycles. The molecule has 0 spiro atoms. The molecule has 6 heteroatoms. The Morgan fingerprint density at radius 3 is 2.33 bits per heavy atom. The van der Waals surface area contributed by atoms with Crippen molar-refractivity contribution in [3.05, 3.63) is 71.0 Å². The van der Waals surface area contributed by atoms with Gasteiger partial charge in [0.25, 0.3) is 0 Å². The molecule has 109 valence electrons. The standard InChI is InChI=1S/C15H10F4NO/c16-13-7-5-11(6-8-13)9-20-21-10-12-3-1-2-4-14(12)15(17,18)19/h1-8H,10H2. The minimum Gasteiger partial charge on any atom is -0.390 e. The SMILES string of the molecule is Fc1ccc([C]=NOCc2ccccc2C(F)(F)F)cc1. The lowest BCUT2D eigenvalue weighted by Gasteiger charge is -2.11. The number of halogens is 4. The summed E-state index contributed by atoms with van der Waals surface area (Å²) >= 11 is 0. The Morgan fingerprint density at radius 1 is 1.00 bits per heavy atom. The maximum Gasteiger partial charge on any atom is 0.416 e. The van der Waals surface area contributed by atoms with E-state index in [2.05, 4.69) is 11.4 Å². The van der Waals surface area contributed by atoms with E-state index in [1.165, 1.54) is 42.5 Å². The highest BCUT2D eigenvalue weighted by molar-refractivity contribution is 5.78. The lowest BCUT2D eigenvalue weighted by atomic mass is 10.1. The maximum atomic E-state index is 12.7. The summed E-state index contributed by atoms with van der Waals surface area (Å²) in [4.78, 5) is 4.81. The van der Waals surface area contributed by atoms with Gasteiger partial charge in [0.15, 0.2) is 0 Å². The molecule has 2 rings (SSSR count). The molecule has 0 bridgehead atoms. The van der Waals surface area contributed by atoms with Crippen molar-refractivity contribution in [1.29, 1.82) is 0 Å². The van der Waals surface area contributed by atoms with Crippen LogP contribution in [0.4, 0.5) is 17.6 Å². The van der Waals surface area contributed by atoms with Crippen molar-refractivity contribution in [3.8, 4) is 0 Å². The van der Waals surface area contributed by atoms with Crippen LogP contribution in [0.2, 0.25) is 0 Å². The van der Waals surface area contributed by atoms with E-state index in [9.17, 15) is 17.6 Å². The average Bonchev–Trinajstić information content (AvgIpc) is 2.45. The van der Waals surface area contributed by atoms with E-state index in [0.29, 0.717) is 5.56 Å². The summed E-state index contributed by atoms with van der Waals surface area (Å²) in [6.07, 6.45) is -1.98. The predicted molar refractivity (Wildman–Crippen MR) is 69.2 cm³/mol. The van der Waals surface area contributed by atoms with Gasteiger partial charge in [0, 0.05) is 11.1 Å². The van der Waals surface area contributed by atoms with E-state index in [1.807, 2.05) is 0 Å². The highest BCUT2D eigenvalue weighted by Gasteiger charge is 2.32. The van der Waals surface area contributed by atoms with Crippen LogP contribution < -0.4 is 0 Å². The van der Waals surface area contributed by atoms with Crippen LogP contribution in [0, 0.1) is 5.82 Å². The third kappa shape index (κ3) is 4.30. The fourth-order valence-corrected chi connectivity index (χ4v) is 1.63. The van der Waals surface area contributed by atoms with Crippen LogP contribution in [-0.4, -0.2) is 6.21 Å². The summed E-state index contributed by atoms with van der Waals surface area (Å²) in [5, 5.41) is 3.45. The first-order valence-electron chi connectivity index (χ1n) is 5.95. The molecule has 0 aliphatic rings. The van der Waals surface area contributed by atoms with Gasteiger partial charge in [-0.3, -0.25) is 0 Å². The van der Waals surface area contributed by atoms with E-state index < -0.39 is 17.6 Å². The number of hydrogen-bond acceptors (Lipinski definition) is 2. The average molecular weight is 296 g/mol. The molecule has 0 saturated carbocycles. The molecule has 2 aromatic rings. The highest BCUT2D eigenvalue weighted by Crippen LogP contribution is 2.32. The Bertz CT molecular complexity index is 620. The molecule has 0 atom stereocenters. The third-order valence-corrected chi connectivity index (χ3v) is 2.63. The second-order valence-electron chi connectivity index (χ2n) is 4.14. The van der Waals surface area contributed by atoms with Crippen molar-refractivity contribution in [2.24, 2.45) is 5.16 Å². The molecular formula is C15H10F4NO. The van der Waals surface area contributed by atoms with Gasteiger partial charge in [-0.05, 0) is 30.3 Å². The molecule has 0 fully saturated rings. The minimum absolute atomic E-state index is 0.0188. The van der Waals surface area contributed by atoms with Crippen LogP contribution in [-0.2, 0) is 17.6 Å². The summed E-state index contributed by atoms with van der Waals surface area (Å²) in [6.45, 7) is -0.329. The molecule has 2 nitrogen and oxygen atoms in total. The van der Waals surface area contributed by atoms with Crippen molar-refractivity contribution >= 4 is 6.21 Å². The number of rotatable bonds is 4. The monoisotopic (exact) mass is 296 g/mol. The molecule has 0 aliphatic heterocycles. The molecule has 0 unspecified atom stereocenters. The lowest BCUT2D eigenvalue weighted by molar-refractivity contribution is -0.138. The lowest BCUT2D eigenvalue weighted by Crippen LogP contribution is -2.09. The Morgan fingerprint density at radius 2 is 1.67 bits per heavy atom. The Balaban J connectivity index is 1.99. The quantitative estimate of drug-likeness (QED) is 0.469. The second-order valence-corrected chi connectivity index (χ2v) is 4.14. The molecule has 0 aromatic heterocycles. The fourth-order valence-electron chi connectivity index (χ4n) is 1.63. The molecule has 0 amide bonds. The summed E-state index contributed by atoms with van der Waals surface area (Å²) in [5.41, 5.74) is -0.322. The van der Waals surface area contributed by atoms with Crippen LogP contribution in [0.1, 0.15) is 16.7 Å².